The van der Waals surface area contributed by atoms with E-state index in [2.05, 4.69) is 152 Å². The van der Waals surface area contributed by atoms with E-state index in [9.17, 15) is 0 Å². The maximum atomic E-state index is 6.60. The molecule has 1 aliphatic carbocycles. The van der Waals surface area contributed by atoms with Crippen molar-refractivity contribution >= 4 is 39.0 Å². The predicted molar refractivity (Wildman–Crippen MR) is 171 cm³/mol. The molecule has 2 heteroatoms. The molecule has 2 nitrogen and oxygen atoms in total. The fourth-order valence-electron chi connectivity index (χ4n) is 6.68. The lowest BCUT2D eigenvalue weighted by atomic mass is 9.82. The average molecular weight is 528 g/mol. The van der Waals surface area contributed by atoms with Crippen LogP contribution in [0.3, 0.4) is 0 Å². The molecule has 0 N–H and O–H groups in total. The van der Waals surface area contributed by atoms with Crippen LogP contribution in [0.2, 0.25) is 0 Å². The van der Waals surface area contributed by atoms with E-state index in [0.717, 1.165) is 39.0 Å². The number of hydrogen-bond acceptors (Lipinski definition) is 2. The van der Waals surface area contributed by atoms with Crippen molar-refractivity contribution < 1.29 is 4.42 Å². The first kappa shape index (κ1) is 23.8. The molecule has 0 fully saturated rings. The first-order valence-electron chi connectivity index (χ1n) is 14.2. The minimum Gasteiger partial charge on any atom is -0.454 e. The maximum Gasteiger partial charge on any atom is 0.159 e. The molecule has 1 heterocycles. The molecule has 0 amide bonds. The van der Waals surface area contributed by atoms with E-state index in [1.165, 1.54) is 33.4 Å². The van der Waals surface area contributed by atoms with Gasteiger partial charge < -0.3 is 9.32 Å². The highest BCUT2D eigenvalue weighted by atomic mass is 16.3. The van der Waals surface area contributed by atoms with Crippen molar-refractivity contribution in [1.29, 1.82) is 0 Å². The Hall–Kier alpha value is -5.08. The van der Waals surface area contributed by atoms with Crippen molar-refractivity contribution in [3.63, 3.8) is 0 Å². The second-order valence-corrected chi connectivity index (χ2v) is 11.4. The molecule has 0 bridgehead atoms. The van der Waals surface area contributed by atoms with Gasteiger partial charge in [-0.15, -0.1) is 0 Å². The van der Waals surface area contributed by atoms with Crippen LogP contribution in [-0.4, -0.2) is 0 Å². The van der Waals surface area contributed by atoms with Crippen molar-refractivity contribution in [2.24, 2.45) is 0 Å². The van der Waals surface area contributed by atoms with Crippen molar-refractivity contribution in [2.45, 2.75) is 19.3 Å². The molecule has 8 rings (SSSR count). The lowest BCUT2D eigenvalue weighted by molar-refractivity contribution is 0.660. The number of rotatable bonds is 4. The largest absolute Gasteiger partial charge is 0.454 e. The topological polar surface area (TPSA) is 16.4 Å². The number of fused-ring (bicyclic) bond motifs is 6. The molecule has 0 aliphatic heterocycles. The Balaban J connectivity index is 1.42. The minimum atomic E-state index is -0.0993. The fraction of sp³-hybridized carbons (Fsp3) is 0.0769. The van der Waals surface area contributed by atoms with E-state index in [1.807, 2.05) is 6.07 Å². The Morgan fingerprint density at radius 3 is 2.05 bits per heavy atom. The van der Waals surface area contributed by atoms with Gasteiger partial charge in [-0.1, -0.05) is 123 Å². The van der Waals surface area contributed by atoms with E-state index in [1.54, 1.807) is 0 Å². The highest BCUT2D eigenvalue weighted by Gasteiger charge is 2.36. The molecular weight excluding hydrogens is 498 g/mol. The van der Waals surface area contributed by atoms with Crippen LogP contribution in [0.25, 0.3) is 44.2 Å². The summed E-state index contributed by atoms with van der Waals surface area (Å²) in [4.78, 5) is 2.38. The summed E-state index contributed by atoms with van der Waals surface area (Å²) in [7, 11) is 0. The third-order valence-electron chi connectivity index (χ3n) is 8.68. The summed E-state index contributed by atoms with van der Waals surface area (Å²) in [5.74, 6) is 0. The zero-order valence-electron chi connectivity index (χ0n) is 23.1. The van der Waals surface area contributed by atoms with Crippen molar-refractivity contribution in [3.8, 4) is 22.3 Å². The van der Waals surface area contributed by atoms with Gasteiger partial charge in [-0.2, -0.15) is 0 Å². The first-order valence-corrected chi connectivity index (χ1v) is 14.2. The van der Waals surface area contributed by atoms with Crippen LogP contribution < -0.4 is 4.90 Å². The van der Waals surface area contributed by atoms with Crippen LogP contribution in [0.15, 0.2) is 144 Å². The Kier molecular flexibility index (Phi) is 5.20. The quantitative estimate of drug-likeness (QED) is 0.226. The molecule has 0 saturated carbocycles. The molecule has 41 heavy (non-hydrogen) atoms. The smallest absolute Gasteiger partial charge is 0.159 e. The molecule has 6 aromatic carbocycles. The number of benzene rings is 6. The van der Waals surface area contributed by atoms with Crippen LogP contribution in [0.5, 0.6) is 0 Å². The number of para-hydroxylation sites is 3. The van der Waals surface area contributed by atoms with Gasteiger partial charge in [0.05, 0.1) is 11.4 Å². The summed E-state index contributed by atoms with van der Waals surface area (Å²) >= 11 is 0. The fourth-order valence-corrected chi connectivity index (χ4v) is 6.68. The van der Waals surface area contributed by atoms with Crippen LogP contribution in [0.4, 0.5) is 17.1 Å². The minimum absolute atomic E-state index is 0.0993. The van der Waals surface area contributed by atoms with Gasteiger partial charge in [0.25, 0.3) is 0 Å². The van der Waals surface area contributed by atoms with Crippen LogP contribution in [0.1, 0.15) is 25.0 Å². The Labute approximate surface area is 240 Å². The van der Waals surface area contributed by atoms with Crippen LogP contribution >= 0.6 is 0 Å². The van der Waals surface area contributed by atoms with E-state index in [4.69, 9.17) is 4.42 Å². The number of anilines is 3. The zero-order valence-corrected chi connectivity index (χ0v) is 23.1. The van der Waals surface area contributed by atoms with Crippen LogP contribution in [0, 0.1) is 0 Å². The first-order chi connectivity index (χ1) is 20.1. The molecule has 7 aromatic rings. The molecule has 0 atom stereocenters. The van der Waals surface area contributed by atoms with E-state index >= 15 is 0 Å². The maximum absolute atomic E-state index is 6.60. The summed E-state index contributed by atoms with van der Waals surface area (Å²) in [6, 6.07) is 49.9. The Morgan fingerprint density at radius 1 is 0.512 bits per heavy atom. The monoisotopic (exact) mass is 527 g/mol. The third kappa shape index (κ3) is 3.57. The Bertz CT molecular complexity index is 2080. The van der Waals surface area contributed by atoms with E-state index < -0.39 is 0 Å². The summed E-state index contributed by atoms with van der Waals surface area (Å²) in [5, 5.41) is 2.25. The summed E-state index contributed by atoms with van der Waals surface area (Å²) < 4.78 is 6.60. The summed E-state index contributed by atoms with van der Waals surface area (Å²) in [6.07, 6.45) is 0. The van der Waals surface area contributed by atoms with Gasteiger partial charge in [-0.05, 0) is 58.1 Å². The lowest BCUT2D eigenvalue weighted by Crippen LogP contribution is -2.17. The van der Waals surface area contributed by atoms with Gasteiger partial charge in [-0.25, -0.2) is 0 Å². The second kappa shape index (κ2) is 8.97. The van der Waals surface area contributed by atoms with Gasteiger partial charge in [0.1, 0.15) is 5.58 Å². The van der Waals surface area contributed by atoms with Gasteiger partial charge in [0, 0.05) is 27.4 Å². The van der Waals surface area contributed by atoms with Crippen molar-refractivity contribution in [2.75, 3.05) is 4.90 Å². The average Bonchev–Trinajstić information content (AvgIpc) is 3.51. The molecule has 1 aromatic heterocycles. The number of furan rings is 1. The standard InChI is InChI=1S/C39H29NO/c1-39(2)33-19-9-6-16-29(33)30-24-23-27(25-34(30)39)40(35-20-10-7-15-28(35)26-13-4-3-5-14-26)36-21-12-18-32-31-17-8-11-22-37(31)41-38(32)36/h3-25H,1-2H3. The molecule has 0 saturated heterocycles. The molecule has 196 valence electrons. The number of hydrogen-bond donors (Lipinski definition) is 0. The van der Waals surface area contributed by atoms with E-state index in [-0.39, 0.29) is 5.41 Å². The summed E-state index contributed by atoms with van der Waals surface area (Å²) in [6.45, 7) is 4.67. The van der Waals surface area contributed by atoms with Gasteiger partial charge in [0.15, 0.2) is 5.58 Å². The molecule has 1 aliphatic rings. The molecule has 0 radical (unpaired) electrons. The van der Waals surface area contributed by atoms with Gasteiger partial charge >= 0.3 is 0 Å². The van der Waals surface area contributed by atoms with E-state index in [0.29, 0.717) is 0 Å². The highest BCUT2D eigenvalue weighted by molar-refractivity contribution is 6.10. The molecular formula is C39H29NO. The predicted octanol–water partition coefficient (Wildman–Crippen LogP) is 11.0. The third-order valence-corrected chi connectivity index (χ3v) is 8.68. The number of nitrogens with zero attached hydrogens (tertiary/aromatic N) is 1. The SMILES string of the molecule is CC1(C)c2ccccc2-c2ccc(N(c3ccccc3-c3ccccc3)c3cccc4c3oc3ccccc34)cc21. The van der Waals surface area contributed by atoms with Crippen molar-refractivity contribution in [3.05, 3.63) is 151 Å². The normalized spacial score (nSPS) is 13.3. The second-order valence-electron chi connectivity index (χ2n) is 11.4. The Morgan fingerprint density at radius 2 is 1.17 bits per heavy atom. The lowest BCUT2D eigenvalue weighted by Gasteiger charge is -2.29. The van der Waals surface area contributed by atoms with Gasteiger partial charge in [0.2, 0.25) is 0 Å². The molecule has 0 spiro atoms. The zero-order chi connectivity index (χ0) is 27.6. The van der Waals surface area contributed by atoms with Gasteiger partial charge in [-0.3, -0.25) is 0 Å². The van der Waals surface area contributed by atoms with Crippen molar-refractivity contribution in [1.82, 2.24) is 0 Å². The highest BCUT2D eigenvalue weighted by Crippen LogP contribution is 2.52. The molecule has 0 unspecified atom stereocenters. The summed E-state index contributed by atoms with van der Waals surface area (Å²) in [5.41, 5.74) is 12.6. The van der Waals surface area contributed by atoms with Crippen LogP contribution in [-0.2, 0) is 5.41 Å².